The van der Waals surface area contributed by atoms with Crippen molar-refractivity contribution in [3.05, 3.63) is 105 Å². The number of nitrogens with zero attached hydrogens (tertiary/aromatic N) is 1. The van der Waals surface area contributed by atoms with Crippen LogP contribution in [0.5, 0.6) is 0 Å². The van der Waals surface area contributed by atoms with Crippen molar-refractivity contribution >= 4 is 17.7 Å². The van der Waals surface area contributed by atoms with Crippen molar-refractivity contribution in [2.75, 3.05) is 5.32 Å². The van der Waals surface area contributed by atoms with E-state index in [1.54, 1.807) is 6.08 Å². The molecule has 0 aliphatic rings. The zero-order chi connectivity index (χ0) is 21.7. The van der Waals surface area contributed by atoms with Gasteiger partial charge in [-0.1, -0.05) is 71.3 Å². The number of hydrogen-bond acceptors (Lipinski definition) is 2. The first-order valence-electron chi connectivity index (χ1n) is 10.0. The lowest BCUT2D eigenvalue weighted by atomic mass is 9.96. The number of amides is 1. The zero-order valence-corrected chi connectivity index (χ0v) is 17.9. The lowest BCUT2D eigenvalue weighted by molar-refractivity contribution is -0.112. The molecule has 0 saturated heterocycles. The molecule has 0 heterocycles. The molecule has 30 heavy (non-hydrogen) atoms. The van der Waals surface area contributed by atoms with Gasteiger partial charge < -0.3 is 5.32 Å². The van der Waals surface area contributed by atoms with Gasteiger partial charge in [-0.25, -0.2) is 0 Å². The molecule has 0 atom stereocenters. The second kappa shape index (κ2) is 9.24. The summed E-state index contributed by atoms with van der Waals surface area (Å²) < 4.78 is 0. The third-order valence-electron chi connectivity index (χ3n) is 5.03. The fourth-order valence-electron chi connectivity index (χ4n) is 3.67. The minimum absolute atomic E-state index is 0.0860. The molecular formula is C27H26N2O. The average molecular weight is 395 g/mol. The van der Waals surface area contributed by atoms with Crippen molar-refractivity contribution in [3.8, 4) is 6.07 Å². The first-order valence-corrected chi connectivity index (χ1v) is 10.0. The van der Waals surface area contributed by atoms with E-state index in [0.29, 0.717) is 0 Å². The number of nitriles is 1. The van der Waals surface area contributed by atoms with Crippen molar-refractivity contribution in [2.45, 2.75) is 34.1 Å². The van der Waals surface area contributed by atoms with Gasteiger partial charge in [0.05, 0.1) is 0 Å². The number of carbonyl (C=O) groups is 1. The van der Waals surface area contributed by atoms with Crippen LogP contribution < -0.4 is 5.32 Å². The smallest absolute Gasteiger partial charge is 0.266 e. The number of hydrogen-bond donors (Lipinski definition) is 1. The van der Waals surface area contributed by atoms with Crippen molar-refractivity contribution in [1.29, 1.82) is 5.26 Å². The van der Waals surface area contributed by atoms with Crippen molar-refractivity contribution in [1.82, 2.24) is 0 Å². The highest BCUT2D eigenvalue weighted by Gasteiger charge is 2.12. The molecule has 0 radical (unpaired) electrons. The number of carbonyl (C=O) groups excluding carboxylic acids is 1. The summed E-state index contributed by atoms with van der Waals surface area (Å²) in [7, 11) is 0. The Morgan fingerprint density at radius 2 is 1.63 bits per heavy atom. The number of benzene rings is 3. The molecule has 3 aromatic rings. The lowest BCUT2D eigenvalue weighted by Gasteiger charge is -2.10. The van der Waals surface area contributed by atoms with Crippen molar-refractivity contribution in [2.24, 2.45) is 0 Å². The highest BCUT2D eigenvalue weighted by molar-refractivity contribution is 6.10. The van der Waals surface area contributed by atoms with Gasteiger partial charge in [-0.2, -0.15) is 5.26 Å². The normalized spacial score (nSPS) is 11.1. The largest absolute Gasteiger partial charge is 0.321 e. The molecule has 3 heteroatoms. The Kier molecular flexibility index (Phi) is 6.49. The molecule has 0 aromatic heterocycles. The fourth-order valence-corrected chi connectivity index (χ4v) is 3.67. The molecule has 0 saturated carbocycles. The molecule has 0 unspecified atom stereocenters. The van der Waals surface area contributed by atoms with Gasteiger partial charge in [0.25, 0.3) is 5.91 Å². The molecule has 150 valence electrons. The standard InChI is InChI=1S/C27H26N2O/c1-18-9-10-26(21(4)12-18)29-27(30)25(17-28)16-24-8-6-5-7-23(24)15-22-13-19(2)11-20(3)14-22/h5-14,16H,15H2,1-4H3,(H,29,30)/b25-16+. The Balaban J connectivity index is 1.88. The second-order valence-electron chi connectivity index (χ2n) is 7.81. The zero-order valence-electron chi connectivity index (χ0n) is 17.9. The van der Waals surface area contributed by atoms with Gasteiger partial charge in [0.15, 0.2) is 0 Å². The van der Waals surface area contributed by atoms with Gasteiger partial charge in [-0.3, -0.25) is 4.79 Å². The molecular weight excluding hydrogens is 368 g/mol. The molecule has 3 nitrogen and oxygen atoms in total. The molecule has 1 amide bonds. The van der Waals surface area contributed by atoms with E-state index in [2.05, 4.69) is 43.4 Å². The quantitative estimate of drug-likeness (QED) is 0.423. The summed E-state index contributed by atoms with van der Waals surface area (Å²) >= 11 is 0. The summed E-state index contributed by atoms with van der Waals surface area (Å²) in [5, 5.41) is 12.5. The molecule has 0 fully saturated rings. The highest BCUT2D eigenvalue weighted by Crippen LogP contribution is 2.21. The van der Waals surface area contributed by atoms with Gasteiger partial charge >= 0.3 is 0 Å². The first-order chi connectivity index (χ1) is 14.4. The minimum atomic E-state index is -0.398. The van der Waals surface area contributed by atoms with E-state index in [4.69, 9.17) is 0 Å². The van der Waals surface area contributed by atoms with Crippen LogP contribution in [-0.2, 0) is 11.2 Å². The SMILES string of the molecule is Cc1cc(C)cc(Cc2ccccc2/C=C(\C#N)C(=O)Nc2ccc(C)cc2C)c1. The van der Waals surface area contributed by atoms with Crippen LogP contribution in [0.3, 0.4) is 0 Å². The summed E-state index contributed by atoms with van der Waals surface area (Å²) in [4.78, 5) is 12.7. The third kappa shape index (κ3) is 5.24. The van der Waals surface area contributed by atoms with E-state index in [9.17, 15) is 10.1 Å². The molecule has 3 rings (SSSR count). The van der Waals surface area contributed by atoms with Crippen LogP contribution in [0.25, 0.3) is 6.08 Å². The monoisotopic (exact) mass is 394 g/mol. The summed E-state index contributed by atoms with van der Waals surface area (Å²) in [5.74, 6) is -0.398. The van der Waals surface area contributed by atoms with E-state index in [1.807, 2.05) is 56.3 Å². The molecule has 3 aromatic carbocycles. The van der Waals surface area contributed by atoms with E-state index >= 15 is 0 Å². The number of nitrogens with one attached hydrogen (secondary N) is 1. The van der Waals surface area contributed by atoms with Crippen LogP contribution >= 0.6 is 0 Å². The Morgan fingerprint density at radius 1 is 0.933 bits per heavy atom. The third-order valence-corrected chi connectivity index (χ3v) is 5.03. The Bertz CT molecular complexity index is 1150. The van der Waals surface area contributed by atoms with Crippen molar-refractivity contribution < 1.29 is 4.79 Å². The molecule has 0 bridgehead atoms. The lowest BCUT2D eigenvalue weighted by Crippen LogP contribution is -2.14. The predicted molar refractivity (Wildman–Crippen MR) is 123 cm³/mol. The highest BCUT2D eigenvalue weighted by atomic mass is 16.1. The van der Waals surface area contributed by atoms with Crippen LogP contribution in [-0.4, -0.2) is 5.91 Å². The summed E-state index contributed by atoms with van der Waals surface area (Å²) in [6, 6.07) is 22.3. The maximum atomic E-state index is 12.7. The number of aryl methyl sites for hydroxylation is 4. The van der Waals surface area contributed by atoms with Gasteiger partial charge in [0.1, 0.15) is 11.6 Å². The summed E-state index contributed by atoms with van der Waals surface area (Å²) in [6.07, 6.45) is 2.42. The van der Waals surface area contributed by atoms with Gasteiger partial charge in [0.2, 0.25) is 0 Å². The Labute approximate surface area is 178 Å². The van der Waals surface area contributed by atoms with Crippen LogP contribution in [0.1, 0.15) is 38.9 Å². The molecule has 0 aliphatic heterocycles. The van der Waals surface area contributed by atoms with Crippen LogP contribution in [0.4, 0.5) is 5.69 Å². The molecule has 0 aliphatic carbocycles. The second-order valence-corrected chi connectivity index (χ2v) is 7.81. The van der Waals surface area contributed by atoms with Gasteiger partial charge in [-0.05, 0) is 68.5 Å². The summed E-state index contributed by atoms with van der Waals surface area (Å²) in [6.45, 7) is 8.13. The first kappa shape index (κ1) is 21.1. The Morgan fingerprint density at radius 3 is 2.30 bits per heavy atom. The van der Waals surface area contributed by atoms with Crippen LogP contribution in [0, 0.1) is 39.0 Å². The number of anilines is 1. The predicted octanol–water partition coefficient (Wildman–Crippen LogP) is 6.06. The van der Waals surface area contributed by atoms with E-state index in [-0.39, 0.29) is 5.57 Å². The maximum Gasteiger partial charge on any atom is 0.266 e. The summed E-state index contributed by atoms with van der Waals surface area (Å²) in [5.41, 5.74) is 8.52. The van der Waals surface area contributed by atoms with E-state index in [0.717, 1.165) is 34.4 Å². The maximum absolute atomic E-state index is 12.7. The topological polar surface area (TPSA) is 52.9 Å². The average Bonchev–Trinajstić information content (AvgIpc) is 2.68. The van der Waals surface area contributed by atoms with E-state index < -0.39 is 5.91 Å². The minimum Gasteiger partial charge on any atom is -0.321 e. The van der Waals surface area contributed by atoms with Gasteiger partial charge in [0, 0.05) is 5.69 Å². The van der Waals surface area contributed by atoms with Crippen LogP contribution in [0.15, 0.2) is 66.2 Å². The molecule has 1 N–H and O–H groups in total. The van der Waals surface area contributed by atoms with E-state index in [1.165, 1.54) is 16.7 Å². The Hall–Kier alpha value is -3.64. The number of rotatable bonds is 5. The van der Waals surface area contributed by atoms with Crippen LogP contribution in [0.2, 0.25) is 0 Å². The van der Waals surface area contributed by atoms with Gasteiger partial charge in [-0.15, -0.1) is 0 Å². The fraction of sp³-hybridized carbons (Fsp3) is 0.185. The molecule has 0 spiro atoms. The van der Waals surface area contributed by atoms with Crippen molar-refractivity contribution in [3.63, 3.8) is 0 Å².